The summed E-state index contributed by atoms with van der Waals surface area (Å²) in [5, 5.41) is 0.789. The summed E-state index contributed by atoms with van der Waals surface area (Å²) in [5.74, 6) is 0. The summed E-state index contributed by atoms with van der Waals surface area (Å²) in [6.45, 7) is 8.60. The third kappa shape index (κ3) is 3.52. The third-order valence-electron chi connectivity index (χ3n) is 4.16. The maximum absolute atomic E-state index is 6.44. The molecule has 0 saturated heterocycles. The minimum atomic E-state index is 0.0356. The molecule has 0 aliphatic heterocycles. The molecule has 122 valence electrons. The predicted molar refractivity (Wildman–Crippen MR) is 104 cm³/mol. The molecule has 2 heteroatoms. The Bertz CT molecular complexity index is 875. The Labute approximate surface area is 149 Å². The monoisotopic (exact) mass is 335 g/mol. The van der Waals surface area contributed by atoms with Gasteiger partial charge in [-0.2, -0.15) is 0 Å². The van der Waals surface area contributed by atoms with Crippen LogP contribution >= 0.6 is 11.6 Å². The smallest absolute Gasteiger partial charge is 0.0487 e. The van der Waals surface area contributed by atoms with Gasteiger partial charge in [-0.3, -0.25) is 4.98 Å². The molecule has 0 atom stereocenters. The van der Waals surface area contributed by atoms with Gasteiger partial charge in [0.25, 0.3) is 0 Å². The minimum absolute atomic E-state index is 0.0356. The van der Waals surface area contributed by atoms with Crippen molar-refractivity contribution in [2.75, 3.05) is 0 Å². The molecule has 0 saturated carbocycles. The fourth-order valence-corrected chi connectivity index (χ4v) is 3.09. The highest BCUT2D eigenvalue weighted by Crippen LogP contribution is 2.32. The molecule has 0 aliphatic carbocycles. The Hall–Kier alpha value is -2.12. The van der Waals surface area contributed by atoms with E-state index >= 15 is 0 Å². The van der Waals surface area contributed by atoms with Gasteiger partial charge in [0.2, 0.25) is 0 Å². The van der Waals surface area contributed by atoms with Gasteiger partial charge in [0.05, 0.1) is 0 Å². The highest BCUT2D eigenvalue weighted by Gasteiger charge is 2.16. The summed E-state index contributed by atoms with van der Waals surface area (Å²) in [5.41, 5.74) is 6.86. The highest BCUT2D eigenvalue weighted by atomic mass is 35.5. The van der Waals surface area contributed by atoms with Gasteiger partial charge in [-0.25, -0.2) is 0 Å². The van der Waals surface area contributed by atoms with E-state index in [2.05, 4.69) is 81.2 Å². The average Bonchev–Trinajstić information content (AvgIpc) is 2.54. The van der Waals surface area contributed by atoms with Crippen LogP contribution in [-0.4, -0.2) is 4.98 Å². The van der Waals surface area contributed by atoms with Gasteiger partial charge in [0.1, 0.15) is 0 Å². The van der Waals surface area contributed by atoms with Gasteiger partial charge in [0, 0.05) is 27.9 Å². The second-order valence-electron chi connectivity index (χ2n) is 7.24. The molecule has 0 N–H and O–H groups in total. The summed E-state index contributed by atoms with van der Waals surface area (Å²) < 4.78 is 0. The van der Waals surface area contributed by atoms with Gasteiger partial charge in [0.15, 0.2) is 0 Å². The van der Waals surface area contributed by atoms with Crippen LogP contribution in [0.15, 0.2) is 60.8 Å². The number of pyridine rings is 1. The van der Waals surface area contributed by atoms with Crippen molar-refractivity contribution < 1.29 is 0 Å². The number of aromatic nitrogens is 1. The molecule has 1 aromatic heterocycles. The molecule has 0 amide bonds. The average molecular weight is 336 g/mol. The Morgan fingerprint density at radius 3 is 2.25 bits per heavy atom. The van der Waals surface area contributed by atoms with E-state index in [-0.39, 0.29) is 5.41 Å². The number of halogens is 1. The maximum atomic E-state index is 6.44. The van der Waals surface area contributed by atoms with Gasteiger partial charge in [-0.05, 0) is 53.4 Å². The Balaban J connectivity index is 2.05. The number of benzene rings is 2. The van der Waals surface area contributed by atoms with Crippen LogP contribution < -0.4 is 0 Å². The van der Waals surface area contributed by atoms with Crippen LogP contribution in [0, 0.1) is 6.92 Å². The van der Waals surface area contributed by atoms with Crippen LogP contribution in [0.4, 0.5) is 0 Å². The zero-order valence-corrected chi connectivity index (χ0v) is 15.4. The number of rotatable bonds is 2. The molecule has 0 aliphatic rings. The first kappa shape index (κ1) is 16.7. The van der Waals surface area contributed by atoms with Crippen LogP contribution in [0.25, 0.3) is 22.3 Å². The van der Waals surface area contributed by atoms with E-state index in [0.29, 0.717) is 0 Å². The fourth-order valence-electron chi connectivity index (χ4n) is 2.74. The summed E-state index contributed by atoms with van der Waals surface area (Å²) in [6.07, 6.45) is 1.89. The zero-order chi connectivity index (χ0) is 17.3. The van der Waals surface area contributed by atoms with E-state index in [1.54, 1.807) is 0 Å². The molecule has 24 heavy (non-hydrogen) atoms. The first-order valence-electron chi connectivity index (χ1n) is 8.18. The standard InChI is InChI=1S/C22H22ClN/c1-15-8-9-19(20(23)12-15)18-7-5-6-16(13-18)17-10-11-24-21(14-17)22(2,3)4/h5-14H,1-4H3. The van der Waals surface area contributed by atoms with E-state index in [1.807, 2.05) is 12.3 Å². The summed E-state index contributed by atoms with van der Waals surface area (Å²) in [6, 6.07) is 18.9. The van der Waals surface area contributed by atoms with Crippen molar-refractivity contribution in [2.24, 2.45) is 0 Å². The number of aryl methyl sites for hydroxylation is 1. The maximum Gasteiger partial charge on any atom is 0.0487 e. The molecule has 1 heterocycles. The van der Waals surface area contributed by atoms with Crippen molar-refractivity contribution >= 4 is 11.6 Å². The molecule has 2 aromatic carbocycles. The summed E-state index contributed by atoms with van der Waals surface area (Å²) in [7, 11) is 0. The van der Waals surface area contributed by atoms with E-state index < -0.39 is 0 Å². The van der Waals surface area contributed by atoms with E-state index in [4.69, 9.17) is 11.6 Å². The predicted octanol–water partition coefficient (Wildman–Crippen LogP) is 6.67. The van der Waals surface area contributed by atoms with E-state index in [0.717, 1.165) is 21.8 Å². The lowest BCUT2D eigenvalue weighted by molar-refractivity contribution is 0.569. The molecular formula is C22H22ClN. The molecule has 0 spiro atoms. The van der Waals surface area contributed by atoms with Gasteiger partial charge in [-0.1, -0.05) is 62.7 Å². The van der Waals surface area contributed by atoms with Crippen LogP contribution in [0.2, 0.25) is 5.02 Å². The lowest BCUT2D eigenvalue weighted by Gasteiger charge is -2.18. The SMILES string of the molecule is Cc1ccc(-c2cccc(-c3ccnc(C(C)(C)C)c3)c2)c(Cl)c1. The first-order chi connectivity index (χ1) is 11.3. The summed E-state index contributed by atoms with van der Waals surface area (Å²) in [4.78, 5) is 4.52. The lowest BCUT2D eigenvalue weighted by atomic mass is 9.89. The van der Waals surface area contributed by atoms with Gasteiger partial charge >= 0.3 is 0 Å². The Kier molecular flexibility index (Phi) is 4.47. The van der Waals surface area contributed by atoms with Crippen molar-refractivity contribution in [3.05, 3.63) is 77.1 Å². The first-order valence-corrected chi connectivity index (χ1v) is 8.56. The fraction of sp³-hybridized carbons (Fsp3) is 0.227. The lowest BCUT2D eigenvalue weighted by Crippen LogP contribution is -2.13. The normalized spacial score (nSPS) is 11.5. The highest BCUT2D eigenvalue weighted by molar-refractivity contribution is 6.33. The molecule has 1 nitrogen and oxygen atoms in total. The molecule has 0 bridgehead atoms. The number of nitrogens with zero attached hydrogens (tertiary/aromatic N) is 1. The van der Waals surface area contributed by atoms with Crippen molar-refractivity contribution in [3.8, 4) is 22.3 Å². The van der Waals surface area contributed by atoms with E-state index in [1.165, 1.54) is 16.7 Å². The zero-order valence-electron chi connectivity index (χ0n) is 14.6. The second-order valence-corrected chi connectivity index (χ2v) is 7.65. The van der Waals surface area contributed by atoms with Crippen molar-refractivity contribution in [3.63, 3.8) is 0 Å². The third-order valence-corrected chi connectivity index (χ3v) is 4.47. The molecule has 0 radical (unpaired) electrons. The Morgan fingerprint density at radius 2 is 1.54 bits per heavy atom. The van der Waals surface area contributed by atoms with Crippen LogP contribution in [-0.2, 0) is 5.41 Å². The molecule has 0 unspecified atom stereocenters. The molecule has 3 rings (SSSR count). The van der Waals surface area contributed by atoms with Crippen molar-refractivity contribution in [1.82, 2.24) is 4.98 Å². The molecule has 0 fully saturated rings. The Morgan fingerprint density at radius 1 is 0.833 bits per heavy atom. The van der Waals surface area contributed by atoms with Crippen molar-refractivity contribution in [1.29, 1.82) is 0 Å². The minimum Gasteiger partial charge on any atom is -0.261 e. The molecular weight excluding hydrogens is 314 g/mol. The van der Waals surface area contributed by atoms with Crippen LogP contribution in [0.1, 0.15) is 32.0 Å². The summed E-state index contributed by atoms with van der Waals surface area (Å²) >= 11 is 6.44. The number of hydrogen-bond donors (Lipinski definition) is 0. The van der Waals surface area contributed by atoms with Gasteiger partial charge < -0.3 is 0 Å². The van der Waals surface area contributed by atoms with Gasteiger partial charge in [-0.15, -0.1) is 0 Å². The largest absolute Gasteiger partial charge is 0.261 e. The second kappa shape index (κ2) is 6.41. The van der Waals surface area contributed by atoms with Crippen molar-refractivity contribution in [2.45, 2.75) is 33.1 Å². The van der Waals surface area contributed by atoms with Crippen LogP contribution in [0.5, 0.6) is 0 Å². The molecule has 3 aromatic rings. The van der Waals surface area contributed by atoms with Crippen LogP contribution in [0.3, 0.4) is 0 Å². The quantitative estimate of drug-likeness (QED) is 0.509. The topological polar surface area (TPSA) is 12.9 Å². The van der Waals surface area contributed by atoms with E-state index in [9.17, 15) is 0 Å². The number of hydrogen-bond acceptors (Lipinski definition) is 1.